The van der Waals surface area contributed by atoms with Crippen molar-refractivity contribution in [3.8, 4) is 0 Å². The molecule has 1 aliphatic heterocycles. The van der Waals surface area contributed by atoms with Gasteiger partial charge in [-0.25, -0.2) is 9.37 Å². The third kappa shape index (κ3) is 5.24. The van der Waals surface area contributed by atoms with E-state index in [9.17, 15) is 14.0 Å². The zero-order valence-electron chi connectivity index (χ0n) is 15.0. The minimum Gasteiger partial charge on any atom is -0.378 e. The number of ether oxygens (including phenoxy) is 1. The third-order valence-corrected chi connectivity index (χ3v) is 5.36. The van der Waals surface area contributed by atoms with E-state index >= 15 is 0 Å². The molecule has 0 radical (unpaired) electrons. The van der Waals surface area contributed by atoms with E-state index in [2.05, 4.69) is 20.7 Å². The van der Waals surface area contributed by atoms with Gasteiger partial charge in [0.15, 0.2) is 5.13 Å². The van der Waals surface area contributed by atoms with E-state index in [0.29, 0.717) is 30.2 Å². The Hall–Kier alpha value is -2.52. The Labute approximate surface area is 160 Å². The molecule has 27 heavy (non-hydrogen) atoms. The average molecular weight is 392 g/mol. The third-order valence-electron chi connectivity index (χ3n) is 4.14. The van der Waals surface area contributed by atoms with E-state index in [0.717, 1.165) is 23.8 Å². The summed E-state index contributed by atoms with van der Waals surface area (Å²) in [4.78, 5) is 31.3. The molecule has 0 spiro atoms. The Bertz CT molecular complexity index is 803. The van der Waals surface area contributed by atoms with Crippen molar-refractivity contribution < 1.29 is 18.7 Å². The number of anilines is 1. The van der Waals surface area contributed by atoms with Crippen molar-refractivity contribution in [1.29, 1.82) is 0 Å². The maximum Gasteiger partial charge on any atom is 0.281 e. The molecule has 0 atom stereocenters. The molecule has 2 amide bonds. The summed E-state index contributed by atoms with van der Waals surface area (Å²) in [5.74, 6) is -1.02. The Morgan fingerprint density at radius 3 is 2.63 bits per heavy atom. The summed E-state index contributed by atoms with van der Waals surface area (Å²) in [7, 11) is 0. The fourth-order valence-corrected chi connectivity index (χ4v) is 3.65. The standard InChI is InChI=1S/C18H21FN4O3S/c1-12-16(27-18(20-12)23-8-10-26-11-9-23)17(25)22-21-15(24)7-4-13-2-5-14(19)6-3-13/h2-3,5-6H,4,7-11H2,1H3,(H,21,24)(H,22,25). The summed E-state index contributed by atoms with van der Waals surface area (Å²) in [6.07, 6.45) is 0.648. The Morgan fingerprint density at radius 2 is 1.93 bits per heavy atom. The molecule has 1 fully saturated rings. The molecule has 2 heterocycles. The van der Waals surface area contributed by atoms with Crippen molar-refractivity contribution >= 4 is 28.3 Å². The van der Waals surface area contributed by atoms with Gasteiger partial charge in [0.1, 0.15) is 10.7 Å². The van der Waals surface area contributed by atoms with Crippen molar-refractivity contribution in [3.63, 3.8) is 0 Å². The van der Waals surface area contributed by atoms with Crippen LogP contribution in [0.2, 0.25) is 0 Å². The number of morpholine rings is 1. The summed E-state index contributed by atoms with van der Waals surface area (Å²) in [6, 6.07) is 5.98. The number of aromatic nitrogens is 1. The summed E-state index contributed by atoms with van der Waals surface area (Å²) in [5.41, 5.74) is 6.32. The minimum atomic E-state index is -0.389. The smallest absolute Gasteiger partial charge is 0.281 e. The fraction of sp³-hybridized carbons (Fsp3) is 0.389. The number of benzene rings is 1. The van der Waals surface area contributed by atoms with E-state index in [1.54, 1.807) is 19.1 Å². The van der Waals surface area contributed by atoms with Gasteiger partial charge >= 0.3 is 0 Å². The highest BCUT2D eigenvalue weighted by molar-refractivity contribution is 7.17. The Balaban J connectivity index is 1.49. The van der Waals surface area contributed by atoms with Crippen molar-refractivity contribution in [1.82, 2.24) is 15.8 Å². The molecule has 0 aliphatic carbocycles. The van der Waals surface area contributed by atoms with Gasteiger partial charge in [-0.05, 0) is 31.0 Å². The number of amides is 2. The maximum absolute atomic E-state index is 12.9. The number of hydrogen-bond acceptors (Lipinski definition) is 6. The number of halogens is 1. The van der Waals surface area contributed by atoms with Gasteiger partial charge in [-0.2, -0.15) is 0 Å². The van der Waals surface area contributed by atoms with E-state index in [1.165, 1.54) is 23.5 Å². The van der Waals surface area contributed by atoms with Gasteiger partial charge in [-0.15, -0.1) is 0 Å². The SMILES string of the molecule is Cc1nc(N2CCOCC2)sc1C(=O)NNC(=O)CCc1ccc(F)cc1. The molecule has 2 aromatic rings. The molecular weight excluding hydrogens is 371 g/mol. The van der Waals surface area contributed by atoms with Gasteiger partial charge in [0.2, 0.25) is 5.91 Å². The van der Waals surface area contributed by atoms with E-state index < -0.39 is 0 Å². The molecule has 0 bridgehead atoms. The first-order valence-electron chi connectivity index (χ1n) is 8.66. The van der Waals surface area contributed by atoms with Crippen LogP contribution in [-0.4, -0.2) is 43.1 Å². The zero-order valence-corrected chi connectivity index (χ0v) is 15.8. The van der Waals surface area contributed by atoms with Crippen LogP contribution in [-0.2, 0) is 16.0 Å². The molecule has 1 aromatic carbocycles. The molecular formula is C18H21FN4O3S. The molecule has 2 N–H and O–H groups in total. The molecule has 3 rings (SSSR count). The van der Waals surface area contributed by atoms with Crippen LogP contribution in [0.3, 0.4) is 0 Å². The first-order valence-corrected chi connectivity index (χ1v) is 9.48. The lowest BCUT2D eigenvalue weighted by Crippen LogP contribution is -2.41. The number of aryl methyl sites for hydroxylation is 2. The summed E-state index contributed by atoms with van der Waals surface area (Å²) in [5, 5.41) is 0.781. The first-order chi connectivity index (χ1) is 13.0. The van der Waals surface area contributed by atoms with Crippen LogP contribution >= 0.6 is 11.3 Å². The minimum absolute atomic E-state index is 0.187. The number of carbonyl (C=O) groups is 2. The fourth-order valence-electron chi connectivity index (χ4n) is 2.64. The second kappa shape index (κ2) is 8.92. The molecule has 144 valence electrons. The van der Waals surface area contributed by atoms with Crippen LogP contribution in [0.25, 0.3) is 0 Å². The van der Waals surface area contributed by atoms with Gasteiger partial charge in [-0.3, -0.25) is 20.4 Å². The van der Waals surface area contributed by atoms with Crippen LogP contribution in [0.4, 0.5) is 9.52 Å². The lowest BCUT2D eigenvalue weighted by atomic mass is 10.1. The number of hydrazine groups is 1. The molecule has 1 saturated heterocycles. The molecule has 0 unspecified atom stereocenters. The van der Waals surface area contributed by atoms with Crippen LogP contribution in [0.1, 0.15) is 27.3 Å². The van der Waals surface area contributed by atoms with Crippen LogP contribution in [0.5, 0.6) is 0 Å². The highest BCUT2D eigenvalue weighted by Gasteiger charge is 2.20. The number of hydrogen-bond donors (Lipinski definition) is 2. The summed E-state index contributed by atoms with van der Waals surface area (Å²) in [6.45, 7) is 4.54. The number of nitrogens with zero attached hydrogens (tertiary/aromatic N) is 2. The van der Waals surface area contributed by atoms with Gasteiger partial charge in [-0.1, -0.05) is 23.5 Å². The van der Waals surface area contributed by atoms with Crippen LogP contribution in [0.15, 0.2) is 24.3 Å². The van der Waals surface area contributed by atoms with E-state index in [-0.39, 0.29) is 24.1 Å². The topological polar surface area (TPSA) is 83.6 Å². The molecule has 1 aliphatic rings. The largest absolute Gasteiger partial charge is 0.378 e. The quantitative estimate of drug-likeness (QED) is 0.759. The summed E-state index contributed by atoms with van der Waals surface area (Å²) < 4.78 is 18.2. The number of nitrogens with one attached hydrogen (secondary N) is 2. The predicted molar refractivity (Wildman–Crippen MR) is 100 cm³/mol. The Morgan fingerprint density at radius 1 is 1.22 bits per heavy atom. The Kier molecular flexibility index (Phi) is 6.36. The van der Waals surface area contributed by atoms with E-state index in [1.807, 2.05) is 0 Å². The lowest BCUT2D eigenvalue weighted by Gasteiger charge is -2.25. The first kappa shape index (κ1) is 19.2. The van der Waals surface area contributed by atoms with Crippen LogP contribution < -0.4 is 15.8 Å². The van der Waals surface area contributed by atoms with Gasteiger partial charge in [0.05, 0.1) is 18.9 Å². The number of thiazole rings is 1. The van der Waals surface area contributed by atoms with E-state index in [4.69, 9.17) is 4.74 Å². The van der Waals surface area contributed by atoms with Gasteiger partial charge in [0, 0.05) is 19.5 Å². The summed E-state index contributed by atoms with van der Waals surface area (Å²) >= 11 is 1.30. The van der Waals surface area contributed by atoms with Gasteiger partial charge < -0.3 is 9.64 Å². The molecule has 9 heteroatoms. The highest BCUT2D eigenvalue weighted by atomic mass is 32.1. The van der Waals surface area contributed by atoms with Gasteiger partial charge in [0.25, 0.3) is 5.91 Å². The maximum atomic E-state index is 12.9. The lowest BCUT2D eigenvalue weighted by molar-refractivity contribution is -0.121. The molecule has 7 nitrogen and oxygen atoms in total. The second-order valence-electron chi connectivity index (χ2n) is 6.14. The number of rotatable bonds is 5. The van der Waals surface area contributed by atoms with Crippen LogP contribution in [0, 0.1) is 12.7 Å². The van der Waals surface area contributed by atoms with Crippen molar-refractivity contribution in [3.05, 3.63) is 46.2 Å². The van der Waals surface area contributed by atoms with Crippen molar-refractivity contribution in [2.45, 2.75) is 19.8 Å². The normalized spacial score (nSPS) is 14.1. The highest BCUT2D eigenvalue weighted by Crippen LogP contribution is 2.26. The predicted octanol–water partition coefficient (Wildman–Crippen LogP) is 1.82. The molecule has 0 saturated carbocycles. The van der Waals surface area contributed by atoms with Crippen molar-refractivity contribution in [2.75, 3.05) is 31.2 Å². The number of carbonyl (C=O) groups excluding carboxylic acids is 2. The van der Waals surface area contributed by atoms with Crippen molar-refractivity contribution in [2.24, 2.45) is 0 Å². The zero-order chi connectivity index (χ0) is 19.2. The second-order valence-corrected chi connectivity index (χ2v) is 7.12. The monoisotopic (exact) mass is 392 g/mol. The average Bonchev–Trinajstić information content (AvgIpc) is 3.08. The molecule has 1 aromatic heterocycles.